The van der Waals surface area contributed by atoms with Crippen molar-refractivity contribution >= 4 is 21.7 Å². The third-order valence-electron chi connectivity index (χ3n) is 2.32. The summed E-state index contributed by atoms with van der Waals surface area (Å²) in [6, 6.07) is 6.05. The maximum atomic E-state index is 13.3. The summed E-state index contributed by atoms with van der Waals surface area (Å²) in [5, 5.41) is 0. The summed E-state index contributed by atoms with van der Waals surface area (Å²) >= 11 is 3.05. The summed E-state index contributed by atoms with van der Waals surface area (Å²) in [4.78, 5) is 16.0. The molecule has 0 aliphatic rings. The molecule has 86 valence electrons. The van der Waals surface area contributed by atoms with Gasteiger partial charge in [0.05, 0.1) is 4.47 Å². The van der Waals surface area contributed by atoms with Gasteiger partial charge in [-0.15, -0.1) is 0 Å². The average Bonchev–Trinajstić information content (AvgIpc) is 2.32. The standard InChI is InChI=1S/C13H9BrFNO/c1-8-4-10(7-16-6-8)13(17)9-2-3-11(14)12(15)5-9/h2-7H,1H3. The highest BCUT2D eigenvalue weighted by Crippen LogP contribution is 2.18. The Balaban J connectivity index is 2.40. The summed E-state index contributed by atoms with van der Waals surface area (Å²) in [7, 11) is 0. The normalized spacial score (nSPS) is 10.3. The van der Waals surface area contributed by atoms with Crippen LogP contribution in [0.4, 0.5) is 4.39 Å². The molecule has 2 nitrogen and oxygen atoms in total. The van der Waals surface area contributed by atoms with Gasteiger partial charge in [-0.1, -0.05) is 0 Å². The molecule has 1 aromatic heterocycles. The molecule has 0 aliphatic heterocycles. The molecule has 0 unspecified atom stereocenters. The number of aryl methyl sites for hydroxylation is 1. The number of benzene rings is 1. The Morgan fingerprint density at radius 3 is 2.65 bits per heavy atom. The Morgan fingerprint density at radius 2 is 2.00 bits per heavy atom. The molecule has 0 aliphatic carbocycles. The molecule has 0 saturated carbocycles. The van der Waals surface area contributed by atoms with Crippen molar-refractivity contribution in [2.24, 2.45) is 0 Å². The van der Waals surface area contributed by atoms with Crippen molar-refractivity contribution in [1.82, 2.24) is 4.98 Å². The first kappa shape index (κ1) is 11.9. The quantitative estimate of drug-likeness (QED) is 0.793. The smallest absolute Gasteiger partial charge is 0.194 e. The lowest BCUT2D eigenvalue weighted by Crippen LogP contribution is -2.02. The van der Waals surface area contributed by atoms with Crippen LogP contribution >= 0.6 is 15.9 Å². The molecular weight excluding hydrogens is 285 g/mol. The number of carbonyl (C=O) groups is 1. The molecule has 0 N–H and O–H groups in total. The molecule has 0 fully saturated rings. The van der Waals surface area contributed by atoms with E-state index in [2.05, 4.69) is 20.9 Å². The molecule has 1 aromatic carbocycles. The minimum atomic E-state index is -0.448. The number of rotatable bonds is 2. The van der Waals surface area contributed by atoms with Gasteiger partial charge in [0.1, 0.15) is 5.82 Å². The lowest BCUT2D eigenvalue weighted by Gasteiger charge is -2.02. The molecule has 1 heterocycles. The van der Waals surface area contributed by atoms with Crippen molar-refractivity contribution in [1.29, 1.82) is 0 Å². The average molecular weight is 294 g/mol. The SMILES string of the molecule is Cc1cncc(C(=O)c2ccc(Br)c(F)c2)c1. The zero-order chi connectivity index (χ0) is 12.4. The van der Waals surface area contributed by atoms with Crippen LogP contribution in [0.3, 0.4) is 0 Å². The van der Waals surface area contributed by atoms with Gasteiger partial charge in [-0.2, -0.15) is 0 Å². The predicted molar refractivity (Wildman–Crippen MR) is 66.5 cm³/mol. The zero-order valence-corrected chi connectivity index (χ0v) is 10.7. The molecule has 2 rings (SSSR count). The lowest BCUT2D eigenvalue weighted by molar-refractivity contribution is 0.103. The zero-order valence-electron chi connectivity index (χ0n) is 9.08. The Kier molecular flexibility index (Phi) is 3.33. The van der Waals surface area contributed by atoms with Crippen molar-refractivity contribution in [3.8, 4) is 0 Å². The van der Waals surface area contributed by atoms with Crippen LogP contribution in [-0.2, 0) is 0 Å². The van der Waals surface area contributed by atoms with E-state index in [1.165, 1.54) is 18.3 Å². The molecule has 0 spiro atoms. The van der Waals surface area contributed by atoms with E-state index in [1.807, 2.05) is 6.92 Å². The highest BCUT2D eigenvalue weighted by molar-refractivity contribution is 9.10. The molecule has 0 radical (unpaired) electrons. The number of ketones is 1. The first-order valence-electron chi connectivity index (χ1n) is 4.99. The second-order valence-corrected chi connectivity index (χ2v) is 4.56. The van der Waals surface area contributed by atoms with Crippen LogP contribution in [0.2, 0.25) is 0 Å². The second-order valence-electron chi connectivity index (χ2n) is 3.71. The van der Waals surface area contributed by atoms with Gasteiger partial charge in [-0.25, -0.2) is 4.39 Å². The van der Waals surface area contributed by atoms with Crippen LogP contribution in [-0.4, -0.2) is 10.8 Å². The number of halogens is 2. The van der Waals surface area contributed by atoms with Gasteiger partial charge in [0.25, 0.3) is 0 Å². The number of pyridine rings is 1. The molecule has 4 heteroatoms. The largest absolute Gasteiger partial charge is 0.289 e. The minimum Gasteiger partial charge on any atom is -0.289 e. The number of aromatic nitrogens is 1. The van der Waals surface area contributed by atoms with Gasteiger partial charge < -0.3 is 0 Å². The second kappa shape index (κ2) is 4.75. The monoisotopic (exact) mass is 293 g/mol. The Morgan fingerprint density at radius 1 is 1.24 bits per heavy atom. The summed E-state index contributed by atoms with van der Waals surface area (Å²) < 4.78 is 13.7. The molecule has 0 atom stereocenters. The van der Waals surface area contributed by atoms with Gasteiger partial charge in [0.15, 0.2) is 5.78 Å². The van der Waals surface area contributed by atoms with E-state index in [0.717, 1.165) is 5.56 Å². The van der Waals surface area contributed by atoms with E-state index in [0.29, 0.717) is 15.6 Å². The fourth-order valence-corrected chi connectivity index (χ4v) is 1.73. The van der Waals surface area contributed by atoms with Crippen LogP contribution in [0.5, 0.6) is 0 Å². The first-order valence-corrected chi connectivity index (χ1v) is 5.78. The van der Waals surface area contributed by atoms with Crippen molar-refractivity contribution < 1.29 is 9.18 Å². The minimum absolute atomic E-state index is 0.229. The van der Waals surface area contributed by atoms with E-state index in [4.69, 9.17) is 0 Å². The summed E-state index contributed by atoms with van der Waals surface area (Å²) in [6.45, 7) is 1.85. The van der Waals surface area contributed by atoms with E-state index >= 15 is 0 Å². The molecule has 0 saturated heterocycles. The predicted octanol–water partition coefficient (Wildman–Crippen LogP) is 3.52. The van der Waals surface area contributed by atoms with Gasteiger partial charge in [0.2, 0.25) is 0 Å². The van der Waals surface area contributed by atoms with E-state index in [-0.39, 0.29) is 5.78 Å². The van der Waals surface area contributed by atoms with Gasteiger partial charge in [-0.3, -0.25) is 9.78 Å². The van der Waals surface area contributed by atoms with Crippen molar-refractivity contribution in [2.75, 3.05) is 0 Å². The molecule has 17 heavy (non-hydrogen) atoms. The van der Waals surface area contributed by atoms with Crippen LogP contribution < -0.4 is 0 Å². The van der Waals surface area contributed by atoms with Gasteiger partial charge in [0, 0.05) is 23.5 Å². The van der Waals surface area contributed by atoms with Crippen molar-refractivity contribution in [2.45, 2.75) is 6.92 Å². The van der Waals surface area contributed by atoms with E-state index < -0.39 is 5.82 Å². The van der Waals surface area contributed by atoms with Gasteiger partial charge in [-0.05, 0) is 52.7 Å². The summed E-state index contributed by atoms with van der Waals surface area (Å²) in [5.41, 5.74) is 1.68. The van der Waals surface area contributed by atoms with Crippen molar-refractivity contribution in [3.05, 3.63) is 63.6 Å². The molecule has 0 amide bonds. The number of nitrogens with zero attached hydrogens (tertiary/aromatic N) is 1. The maximum absolute atomic E-state index is 13.3. The van der Waals surface area contributed by atoms with Crippen molar-refractivity contribution in [3.63, 3.8) is 0 Å². The third kappa shape index (κ3) is 2.58. The van der Waals surface area contributed by atoms with Crippen LogP contribution in [0, 0.1) is 12.7 Å². The number of carbonyl (C=O) groups excluding carboxylic acids is 1. The lowest BCUT2D eigenvalue weighted by atomic mass is 10.0. The number of hydrogen-bond acceptors (Lipinski definition) is 2. The Hall–Kier alpha value is -1.55. The Labute approximate surface area is 107 Å². The third-order valence-corrected chi connectivity index (χ3v) is 2.96. The fourth-order valence-electron chi connectivity index (χ4n) is 1.48. The maximum Gasteiger partial charge on any atom is 0.194 e. The first-order chi connectivity index (χ1) is 8.08. The van der Waals surface area contributed by atoms with Crippen LogP contribution in [0.15, 0.2) is 41.1 Å². The summed E-state index contributed by atoms with van der Waals surface area (Å²) in [5.74, 6) is -0.677. The highest BCUT2D eigenvalue weighted by atomic mass is 79.9. The number of hydrogen-bond donors (Lipinski definition) is 0. The fraction of sp³-hybridized carbons (Fsp3) is 0.0769. The molecule has 0 bridgehead atoms. The molecule has 2 aromatic rings. The summed E-state index contributed by atoms with van der Waals surface area (Å²) in [6.07, 6.45) is 3.15. The van der Waals surface area contributed by atoms with E-state index in [9.17, 15) is 9.18 Å². The van der Waals surface area contributed by atoms with Crippen LogP contribution in [0.25, 0.3) is 0 Å². The highest BCUT2D eigenvalue weighted by Gasteiger charge is 2.11. The Bertz CT molecular complexity index is 583. The topological polar surface area (TPSA) is 30.0 Å². The van der Waals surface area contributed by atoms with Crippen LogP contribution in [0.1, 0.15) is 21.5 Å². The molecular formula is C13H9BrFNO. The van der Waals surface area contributed by atoms with Gasteiger partial charge >= 0.3 is 0 Å². The van der Waals surface area contributed by atoms with E-state index in [1.54, 1.807) is 18.3 Å².